The topological polar surface area (TPSA) is 54.5 Å². The van der Waals surface area contributed by atoms with Gasteiger partial charge in [0, 0.05) is 19.0 Å². The van der Waals surface area contributed by atoms with Crippen LogP contribution in [0.1, 0.15) is 50.7 Å². The van der Waals surface area contributed by atoms with E-state index in [9.17, 15) is 13.2 Å². The van der Waals surface area contributed by atoms with E-state index in [2.05, 4.69) is 38.1 Å². The lowest BCUT2D eigenvalue weighted by Gasteiger charge is -2.28. The van der Waals surface area contributed by atoms with Crippen molar-refractivity contribution in [1.29, 1.82) is 0 Å². The Morgan fingerprint density at radius 3 is 2.39 bits per heavy atom. The van der Waals surface area contributed by atoms with Gasteiger partial charge in [0.1, 0.15) is 0 Å². The van der Waals surface area contributed by atoms with Gasteiger partial charge < -0.3 is 4.90 Å². The lowest BCUT2D eigenvalue weighted by Crippen LogP contribution is -2.41. The summed E-state index contributed by atoms with van der Waals surface area (Å²) in [4.78, 5) is 14.4. The number of hydrogen-bond donors (Lipinski definition) is 0. The van der Waals surface area contributed by atoms with Gasteiger partial charge in [0.15, 0.2) is 9.84 Å². The van der Waals surface area contributed by atoms with Crippen molar-refractivity contribution in [3.8, 4) is 0 Å². The fourth-order valence-corrected chi connectivity index (χ4v) is 4.97. The average Bonchev–Trinajstić information content (AvgIpc) is 2.87. The Hall–Kier alpha value is -1.36. The molecule has 5 heteroatoms. The second-order valence-corrected chi connectivity index (χ2v) is 8.67. The molecule has 0 N–H and O–H groups in total. The van der Waals surface area contributed by atoms with Crippen LogP contribution < -0.4 is 0 Å². The molecular formula is C18H27NO3S. The van der Waals surface area contributed by atoms with Crippen LogP contribution in [0, 0.1) is 0 Å². The first-order valence-corrected chi connectivity index (χ1v) is 10.3. The van der Waals surface area contributed by atoms with Crippen molar-refractivity contribution in [2.45, 2.75) is 52.0 Å². The molecule has 1 aromatic carbocycles. The molecule has 1 heterocycles. The third-order valence-electron chi connectivity index (χ3n) is 4.75. The van der Waals surface area contributed by atoms with Crippen LogP contribution in [0.3, 0.4) is 0 Å². The minimum absolute atomic E-state index is 0.0571. The zero-order valence-corrected chi connectivity index (χ0v) is 15.1. The maximum absolute atomic E-state index is 12.6. The fourth-order valence-electron chi connectivity index (χ4n) is 3.24. The minimum Gasteiger partial charge on any atom is -0.339 e. The van der Waals surface area contributed by atoms with Gasteiger partial charge >= 0.3 is 0 Å². The SMILES string of the molecule is CCc1ccc(C(C)CC(=O)N(CC)C2CCS(=O)(=O)C2)cc1. The molecule has 0 aliphatic carbocycles. The summed E-state index contributed by atoms with van der Waals surface area (Å²) in [7, 11) is -2.97. The highest BCUT2D eigenvalue weighted by Gasteiger charge is 2.34. The molecule has 128 valence electrons. The summed E-state index contributed by atoms with van der Waals surface area (Å²) >= 11 is 0. The van der Waals surface area contributed by atoms with Crippen LogP contribution in [0.5, 0.6) is 0 Å². The number of carbonyl (C=O) groups excluding carboxylic acids is 1. The number of amides is 1. The molecule has 1 fully saturated rings. The Morgan fingerprint density at radius 2 is 1.91 bits per heavy atom. The molecular weight excluding hydrogens is 310 g/mol. The quantitative estimate of drug-likeness (QED) is 0.802. The summed E-state index contributed by atoms with van der Waals surface area (Å²) < 4.78 is 23.3. The van der Waals surface area contributed by atoms with Gasteiger partial charge in [-0.25, -0.2) is 8.42 Å². The molecule has 0 bridgehead atoms. The van der Waals surface area contributed by atoms with E-state index in [1.807, 2.05) is 6.92 Å². The van der Waals surface area contributed by atoms with Crippen molar-refractivity contribution in [3.05, 3.63) is 35.4 Å². The van der Waals surface area contributed by atoms with Crippen LogP contribution in [-0.2, 0) is 21.1 Å². The van der Waals surface area contributed by atoms with Crippen molar-refractivity contribution >= 4 is 15.7 Å². The van der Waals surface area contributed by atoms with Crippen molar-refractivity contribution in [3.63, 3.8) is 0 Å². The van der Waals surface area contributed by atoms with E-state index in [-0.39, 0.29) is 29.4 Å². The molecule has 2 atom stereocenters. The second kappa shape index (κ2) is 7.47. The molecule has 1 aromatic rings. The molecule has 23 heavy (non-hydrogen) atoms. The molecule has 2 unspecified atom stereocenters. The van der Waals surface area contributed by atoms with Gasteiger partial charge in [0.2, 0.25) is 5.91 Å². The van der Waals surface area contributed by atoms with Gasteiger partial charge in [-0.1, -0.05) is 38.1 Å². The Labute approximate surface area is 139 Å². The molecule has 1 aliphatic heterocycles. The number of sulfone groups is 1. The van der Waals surface area contributed by atoms with Crippen LogP contribution in [0.25, 0.3) is 0 Å². The van der Waals surface area contributed by atoms with E-state index in [1.165, 1.54) is 5.56 Å². The first kappa shape index (κ1) is 18.0. The van der Waals surface area contributed by atoms with Gasteiger partial charge in [-0.3, -0.25) is 4.79 Å². The molecule has 0 spiro atoms. The highest BCUT2D eigenvalue weighted by molar-refractivity contribution is 7.91. The summed E-state index contributed by atoms with van der Waals surface area (Å²) in [6.45, 7) is 6.67. The van der Waals surface area contributed by atoms with Crippen LogP contribution in [0.2, 0.25) is 0 Å². The van der Waals surface area contributed by atoms with E-state index in [0.29, 0.717) is 19.4 Å². The summed E-state index contributed by atoms with van der Waals surface area (Å²) in [5, 5.41) is 0. The van der Waals surface area contributed by atoms with Gasteiger partial charge in [-0.05, 0) is 36.8 Å². The highest BCUT2D eigenvalue weighted by atomic mass is 32.2. The van der Waals surface area contributed by atoms with Gasteiger partial charge in [0.05, 0.1) is 11.5 Å². The monoisotopic (exact) mass is 337 g/mol. The maximum atomic E-state index is 12.6. The van der Waals surface area contributed by atoms with Crippen molar-refractivity contribution in [2.24, 2.45) is 0 Å². The van der Waals surface area contributed by atoms with E-state index in [1.54, 1.807) is 4.90 Å². The van der Waals surface area contributed by atoms with Crippen LogP contribution in [-0.4, -0.2) is 43.3 Å². The number of benzene rings is 1. The first-order chi connectivity index (χ1) is 10.9. The Morgan fingerprint density at radius 1 is 1.26 bits per heavy atom. The predicted molar refractivity (Wildman–Crippen MR) is 93.3 cm³/mol. The molecule has 2 rings (SSSR count). The van der Waals surface area contributed by atoms with Crippen molar-refractivity contribution in [2.75, 3.05) is 18.1 Å². The lowest BCUT2D eigenvalue weighted by molar-refractivity contribution is -0.133. The van der Waals surface area contributed by atoms with E-state index in [0.717, 1.165) is 12.0 Å². The van der Waals surface area contributed by atoms with Crippen LogP contribution >= 0.6 is 0 Å². The number of aryl methyl sites for hydroxylation is 1. The zero-order chi connectivity index (χ0) is 17.0. The summed E-state index contributed by atoms with van der Waals surface area (Å²) in [5.74, 6) is 0.517. The fraction of sp³-hybridized carbons (Fsp3) is 0.611. The molecule has 0 saturated carbocycles. The minimum atomic E-state index is -2.97. The summed E-state index contributed by atoms with van der Waals surface area (Å²) in [6.07, 6.45) is 2.00. The van der Waals surface area contributed by atoms with Crippen LogP contribution in [0.4, 0.5) is 0 Å². The largest absolute Gasteiger partial charge is 0.339 e. The predicted octanol–water partition coefficient (Wildman–Crippen LogP) is 2.78. The third-order valence-corrected chi connectivity index (χ3v) is 6.50. The Balaban J connectivity index is 2.01. The van der Waals surface area contributed by atoms with E-state index >= 15 is 0 Å². The number of carbonyl (C=O) groups is 1. The molecule has 1 amide bonds. The van der Waals surface area contributed by atoms with E-state index < -0.39 is 9.84 Å². The normalized spacial score (nSPS) is 21.1. The van der Waals surface area contributed by atoms with Gasteiger partial charge in [0.25, 0.3) is 0 Å². The smallest absolute Gasteiger partial charge is 0.223 e. The van der Waals surface area contributed by atoms with Crippen molar-refractivity contribution in [1.82, 2.24) is 4.90 Å². The molecule has 0 radical (unpaired) electrons. The number of hydrogen-bond acceptors (Lipinski definition) is 3. The first-order valence-electron chi connectivity index (χ1n) is 8.45. The van der Waals surface area contributed by atoms with Crippen LogP contribution in [0.15, 0.2) is 24.3 Å². The molecule has 0 aromatic heterocycles. The van der Waals surface area contributed by atoms with E-state index in [4.69, 9.17) is 0 Å². The zero-order valence-electron chi connectivity index (χ0n) is 14.3. The Bertz CT molecular complexity index is 637. The van der Waals surface area contributed by atoms with Gasteiger partial charge in [-0.2, -0.15) is 0 Å². The lowest BCUT2D eigenvalue weighted by atomic mass is 9.95. The Kier molecular flexibility index (Phi) is 5.84. The molecule has 4 nitrogen and oxygen atoms in total. The maximum Gasteiger partial charge on any atom is 0.223 e. The summed E-state index contributed by atoms with van der Waals surface area (Å²) in [5.41, 5.74) is 2.45. The van der Waals surface area contributed by atoms with Crippen molar-refractivity contribution < 1.29 is 13.2 Å². The third kappa shape index (κ3) is 4.56. The highest BCUT2D eigenvalue weighted by Crippen LogP contribution is 2.24. The van der Waals surface area contributed by atoms with Gasteiger partial charge in [-0.15, -0.1) is 0 Å². The number of nitrogens with zero attached hydrogens (tertiary/aromatic N) is 1. The summed E-state index contributed by atoms with van der Waals surface area (Å²) in [6, 6.07) is 8.25. The standard InChI is InChI=1S/C18H27NO3S/c1-4-15-6-8-16(9-7-15)14(3)12-18(20)19(5-2)17-10-11-23(21,22)13-17/h6-9,14,17H,4-5,10-13H2,1-3H3. The molecule has 1 saturated heterocycles. The number of rotatable bonds is 6. The molecule has 1 aliphatic rings. The average molecular weight is 337 g/mol. The second-order valence-electron chi connectivity index (χ2n) is 6.44.